The van der Waals surface area contributed by atoms with Gasteiger partial charge in [0.1, 0.15) is 12.1 Å². The van der Waals surface area contributed by atoms with E-state index in [2.05, 4.69) is 16.0 Å². The number of hydrogen-bond donors (Lipinski definition) is 3. The van der Waals surface area contributed by atoms with Crippen LogP contribution in [0.2, 0.25) is 0 Å². The Morgan fingerprint density at radius 3 is 2.47 bits per heavy atom. The molecule has 0 aromatic heterocycles. The van der Waals surface area contributed by atoms with E-state index in [-0.39, 0.29) is 23.8 Å². The third-order valence-corrected chi connectivity index (χ3v) is 6.61. The number of methoxy groups -OCH3 is 1. The van der Waals surface area contributed by atoms with Gasteiger partial charge in [0.05, 0.1) is 6.10 Å². The van der Waals surface area contributed by atoms with Crippen LogP contribution in [0.15, 0.2) is 42.5 Å². The number of benzene rings is 2. The Balaban J connectivity index is 1.78. The minimum Gasteiger partial charge on any atom is -0.378 e. The van der Waals surface area contributed by atoms with Crippen molar-refractivity contribution in [3.05, 3.63) is 48.0 Å². The van der Waals surface area contributed by atoms with E-state index >= 15 is 0 Å². The summed E-state index contributed by atoms with van der Waals surface area (Å²) >= 11 is 0. The molecule has 2 aromatic rings. The normalized spacial score (nSPS) is 17.6. The summed E-state index contributed by atoms with van der Waals surface area (Å²) in [5.41, 5.74) is 0.370. The number of nitrogens with zero attached hydrogens (tertiary/aromatic N) is 1. The van der Waals surface area contributed by atoms with Crippen LogP contribution >= 0.6 is 0 Å². The van der Waals surface area contributed by atoms with Crippen molar-refractivity contribution in [1.29, 1.82) is 0 Å². The standard InChI is InChI=1S/C28H40N4O4/c1-28(2,3)27(35)32-14-8-11-24(32)26(34)31-23(25(33)30-18-22(36-5)17-29-4)16-19-12-13-20-9-6-7-10-21(20)15-19/h6-7,9-10,12-13,15,22-24,29H,8,11,14,16-18H2,1-5H3,(H,30,33)(H,31,34)/t22?,23-,24?/m1/s1. The number of carbonyl (C=O) groups is 3. The lowest BCUT2D eigenvalue weighted by molar-refractivity contribution is -0.145. The predicted molar refractivity (Wildman–Crippen MR) is 142 cm³/mol. The van der Waals surface area contributed by atoms with Crippen LogP contribution in [0.5, 0.6) is 0 Å². The second kappa shape index (κ2) is 12.3. The third kappa shape index (κ3) is 7.04. The number of carbonyl (C=O) groups excluding carboxylic acids is 3. The van der Waals surface area contributed by atoms with Gasteiger partial charge in [0.2, 0.25) is 17.7 Å². The largest absolute Gasteiger partial charge is 0.378 e. The van der Waals surface area contributed by atoms with Gasteiger partial charge in [0, 0.05) is 38.6 Å². The number of rotatable bonds is 10. The summed E-state index contributed by atoms with van der Waals surface area (Å²) in [5, 5.41) is 11.1. The molecule has 0 saturated carbocycles. The van der Waals surface area contributed by atoms with Crippen LogP contribution in [0.3, 0.4) is 0 Å². The van der Waals surface area contributed by atoms with Crippen molar-refractivity contribution in [2.75, 3.05) is 33.8 Å². The molecule has 1 fully saturated rings. The molecule has 0 radical (unpaired) electrons. The van der Waals surface area contributed by atoms with Gasteiger partial charge in [-0.05, 0) is 36.2 Å². The fourth-order valence-electron chi connectivity index (χ4n) is 4.60. The molecule has 1 aliphatic heterocycles. The lowest BCUT2D eigenvalue weighted by atomic mass is 9.94. The molecule has 0 bridgehead atoms. The molecule has 3 atom stereocenters. The number of fused-ring (bicyclic) bond motifs is 1. The van der Waals surface area contributed by atoms with E-state index in [1.165, 1.54) is 0 Å². The van der Waals surface area contributed by atoms with E-state index < -0.39 is 17.5 Å². The fourth-order valence-corrected chi connectivity index (χ4v) is 4.60. The Morgan fingerprint density at radius 1 is 1.08 bits per heavy atom. The van der Waals surface area contributed by atoms with Crippen LogP contribution in [0.25, 0.3) is 10.8 Å². The smallest absolute Gasteiger partial charge is 0.243 e. The van der Waals surface area contributed by atoms with Crippen molar-refractivity contribution >= 4 is 28.5 Å². The van der Waals surface area contributed by atoms with Crippen LogP contribution < -0.4 is 16.0 Å². The minimum atomic E-state index is -0.780. The highest BCUT2D eigenvalue weighted by atomic mass is 16.5. The van der Waals surface area contributed by atoms with Crippen molar-refractivity contribution in [2.24, 2.45) is 5.41 Å². The van der Waals surface area contributed by atoms with Gasteiger partial charge in [-0.3, -0.25) is 14.4 Å². The highest BCUT2D eigenvalue weighted by Gasteiger charge is 2.39. The molecular formula is C28H40N4O4. The zero-order valence-electron chi connectivity index (χ0n) is 22.1. The Kier molecular flexibility index (Phi) is 9.45. The Morgan fingerprint density at radius 2 is 1.81 bits per heavy atom. The summed E-state index contributed by atoms with van der Waals surface area (Å²) in [6, 6.07) is 12.7. The molecule has 8 heteroatoms. The van der Waals surface area contributed by atoms with Gasteiger partial charge in [0.25, 0.3) is 0 Å². The van der Waals surface area contributed by atoms with E-state index in [4.69, 9.17) is 4.74 Å². The molecule has 2 unspecified atom stereocenters. The number of likely N-dealkylation sites (N-methyl/N-ethyl adjacent to an activating group) is 1. The number of likely N-dealkylation sites (tertiary alicyclic amines) is 1. The van der Waals surface area contributed by atoms with E-state index in [9.17, 15) is 14.4 Å². The second-order valence-electron chi connectivity index (χ2n) is 10.5. The van der Waals surface area contributed by atoms with Gasteiger partial charge in [0.15, 0.2) is 0 Å². The molecule has 3 amide bonds. The summed E-state index contributed by atoms with van der Waals surface area (Å²) in [6.07, 6.45) is 1.50. The maximum Gasteiger partial charge on any atom is 0.243 e. The first-order chi connectivity index (χ1) is 17.1. The van der Waals surface area contributed by atoms with Crippen LogP contribution in [-0.4, -0.2) is 74.6 Å². The van der Waals surface area contributed by atoms with E-state index in [0.29, 0.717) is 32.5 Å². The van der Waals surface area contributed by atoms with Crippen LogP contribution in [-0.2, 0) is 25.5 Å². The molecule has 1 heterocycles. The molecule has 0 aliphatic carbocycles. The molecule has 3 N–H and O–H groups in total. The zero-order chi connectivity index (χ0) is 26.3. The van der Waals surface area contributed by atoms with Gasteiger partial charge in [-0.1, -0.05) is 63.2 Å². The molecule has 0 spiro atoms. The average Bonchev–Trinajstić information content (AvgIpc) is 3.34. The summed E-state index contributed by atoms with van der Waals surface area (Å²) < 4.78 is 5.41. The maximum atomic E-state index is 13.4. The highest BCUT2D eigenvalue weighted by Crippen LogP contribution is 2.26. The Labute approximate surface area is 214 Å². The first-order valence-electron chi connectivity index (χ1n) is 12.7. The number of nitrogens with one attached hydrogen (secondary N) is 3. The first kappa shape index (κ1) is 27.6. The third-order valence-electron chi connectivity index (χ3n) is 6.61. The van der Waals surface area contributed by atoms with Gasteiger partial charge in [-0.25, -0.2) is 0 Å². The van der Waals surface area contributed by atoms with Crippen molar-refractivity contribution in [3.8, 4) is 0 Å². The predicted octanol–water partition coefficient (Wildman–Crippen LogP) is 2.25. The Bertz CT molecular complexity index is 1060. The van der Waals surface area contributed by atoms with Crippen molar-refractivity contribution in [3.63, 3.8) is 0 Å². The van der Waals surface area contributed by atoms with E-state index in [1.807, 2.05) is 70.3 Å². The fraction of sp³-hybridized carbons (Fsp3) is 0.536. The second-order valence-corrected chi connectivity index (χ2v) is 10.5. The molecule has 196 valence electrons. The molecule has 1 aliphatic rings. The van der Waals surface area contributed by atoms with E-state index in [1.54, 1.807) is 12.0 Å². The molecule has 8 nitrogen and oxygen atoms in total. The minimum absolute atomic E-state index is 0.0503. The first-order valence-corrected chi connectivity index (χ1v) is 12.7. The van der Waals surface area contributed by atoms with Gasteiger partial charge < -0.3 is 25.6 Å². The monoisotopic (exact) mass is 496 g/mol. The summed E-state index contributed by atoms with van der Waals surface area (Å²) in [6.45, 7) is 7.03. The van der Waals surface area contributed by atoms with Gasteiger partial charge in [-0.2, -0.15) is 0 Å². The number of hydrogen-bond acceptors (Lipinski definition) is 5. The van der Waals surface area contributed by atoms with E-state index in [0.717, 1.165) is 22.8 Å². The summed E-state index contributed by atoms with van der Waals surface area (Å²) in [5.74, 6) is -0.614. The van der Waals surface area contributed by atoms with Crippen molar-refractivity contribution in [2.45, 2.75) is 58.2 Å². The van der Waals surface area contributed by atoms with Gasteiger partial charge in [-0.15, -0.1) is 0 Å². The van der Waals surface area contributed by atoms with Crippen LogP contribution in [0.1, 0.15) is 39.2 Å². The van der Waals surface area contributed by atoms with Crippen molar-refractivity contribution in [1.82, 2.24) is 20.9 Å². The lowest BCUT2D eigenvalue weighted by Gasteiger charge is -2.31. The van der Waals surface area contributed by atoms with Gasteiger partial charge >= 0.3 is 0 Å². The number of amides is 3. The molecule has 1 saturated heterocycles. The molecular weight excluding hydrogens is 456 g/mol. The average molecular weight is 497 g/mol. The summed E-state index contributed by atoms with van der Waals surface area (Å²) in [7, 11) is 3.42. The SMILES string of the molecule is CNCC(CNC(=O)[C@@H](Cc1ccc2ccccc2c1)NC(=O)C1CCCN1C(=O)C(C)(C)C)OC. The molecule has 36 heavy (non-hydrogen) atoms. The van der Waals surface area contributed by atoms with Crippen molar-refractivity contribution < 1.29 is 19.1 Å². The summed E-state index contributed by atoms with van der Waals surface area (Å²) in [4.78, 5) is 41.3. The quantitative estimate of drug-likeness (QED) is 0.469. The van der Waals surface area contributed by atoms with Crippen LogP contribution in [0.4, 0.5) is 0 Å². The number of ether oxygens (including phenoxy) is 1. The topological polar surface area (TPSA) is 99.8 Å². The zero-order valence-corrected chi connectivity index (χ0v) is 22.1. The molecule has 2 aromatic carbocycles. The molecule has 3 rings (SSSR count). The maximum absolute atomic E-state index is 13.4. The highest BCUT2D eigenvalue weighted by molar-refractivity contribution is 5.93. The lowest BCUT2D eigenvalue weighted by Crippen LogP contribution is -2.55. The Hall–Kier alpha value is -2.97. The van der Waals surface area contributed by atoms with Crippen LogP contribution in [0, 0.1) is 5.41 Å².